The second-order valence-electron chi connectivity index (χ2n) is 2.33. The van der Waals surface area contributed by atoms with Crippen LogP contribution in [0.4, 0.5) is 8.78 Å². The Morgan fingerprint density at radius 1 is 1.57 bits per heavy atom. The molecule has 0 unspecified atom stereocenters. The minimum atomic E-state index is -2.78. The Labute approximate surface area is 95.6 Å². The minimum absolute atomic E-state index is 0.218. The van der Waals surface area contributed by atoms with Gasteiger partial charge >= 0.3 is 0 Å². The average molecular weight is 333 g/mol. The predicted molar refractivity (Wildman–Crippen MR) is 54.9 cm³/mol. The van der Waals surface area contributed by atoms with Gasteiger partial charge in [-0.05, 0) is 34.2 Å². The molecule has 0 radical (unpaired) electrons. The predicted octanol–water partition coefficient (Wildman–Crippen LogP) is 2.30. The zero-order valence-electron chi connectivity index (χ0n) is 6.48. The number of pyridine rings is 1. The molecule has 0 spiro atoms. The summed E-state index contributed by atoms with van der Waals surface area (Å²) in [6.45, 7) is 0. The van der Waals surface area contributed by atoms with Crippen molar-refractivity contribution < 1.29 is 13.6 Å². The molecule has 3 nitrogen and oxygen atoms in total. The van der Waals surface area contributed by atoms with E-state index in [0.717, 1.165) is 6.20 Å². The van der Waals surface area contributed by atoms with E-state index >= 15 is 0 Å². The first-order valence-electron chi connectivity index (χ1n) is 3.34. The molecule has 14 heavy (non-hydrogen) atoms. The van der Waals surface area contributed by atoms with E-state index in [1.165, 1.54) is 22.6 Å². The number of halogens is 4. The molecule has 0 saturated carbocycles. The van der Waals surface area contributed by atoms with Crippen LogP contribution in [0, 0.1) is 3.57 Å². The molecular formula is C7H3ClF2INO2. The molecule has 0 aliphatic carbocycles. The molecule has 1 aromatic heterocycles. The molecule has 0 bridgehead atoms. The summed E-state index contributed by atoms with van der Waals surface area (Å²) in [7, 11) is 0. The fraction of sp³-hybridized carbons (Fsp3) is 0.143. The Morgan fingerprint density at radius 2 is 2.14 bits per heavy atom. The normalized spacial score (nSPS) is 10.6. The summed E-state index contributed by atoms with van der Waals surface area (Å²) in [6.07, 6.45) is -1.89. The lowest BCUT2D eigenvalue weighted by molar-refractivity contribution is 0.107. The van der Waals surface area contributed by atoms with Gasteiger partial charge in [-0.1, -0.05) is 0 Å². The molecule has 1 aromatic rings. The quantitative estimate of drug-likeness (QED) is 0.667. The number of aromatic amines is 1. The van der Waals surface area contributed by atoms with Crippen LogP contribution in [-0.2, 0) is 0 Å². The molecule has 0 aromatic carbocycles. The lowest BCUT2D eigenvalue weighted by Gasteiger charge is -2.03. The molecule has 0 amide bonds. The lowest BCUT2D eigenvalue weighted by Crippen LogP contribution is -2.18. The highest BCUT2D eigenvalue weighted by Gasteiger charge is 2.18. The molecule has 7 heteroatoms. The Morgan fingerprint density at radius 3 is 2.57 bits per heavy atom. The van der Waals surface area contributed by atoms with Crippen LogP contribution >= 0.6 is 34.2 Å². The van der Waals surface area contributed by atoms with Gasteiger partial charge in [0.1, 0.15) is 0 Å². The van der Waals surface area contributed by atoms with Crippen LogP contribution in [0.1, 0.15) is 22.5 Å². The van der Waals surface area contributed by atoms with E-state index in [4.69, 9.17) is 11.6 Å². The molecule has 1 heterocycles. The van der Waals surface area contributed by atoms with Crippen LogP contribution < -0.4 is 5.43 Å². The van der Waals surface area contributed by atoms with Crippen molar-refractivity contribution in [3.05, 3.63) is 31.2 Å². The highest BCUT2D eigenvalue weighted by molar-refractivity contribution is 14.1. The van der Waals surface area contributed by atoms with Gasteiger partial charge in [0.25, 0.3) is 11.7 Å². The van der Waals surface area contributed by atoms with Crippen LogP contribution in [0.2, 0.25) is 0 Å². The van der Waals surface area contributed by atoms with Crippen molar-refractivity contribution in [1.82, 2.24) is 4.98 Å². The summed E-state index contributed by atoms with van der Waals surface area (Å²) < 4.78 is 24.3. The molecule has 0 aliphatic rings. The van der Waals surface area contributed by atoms with Crippen LogP contribution in [0.15, 0.2) is 11.0 Å². The Kier molecular flexibility index (Phi) is 3.59. The van der Waals surface area contributed by atoms with E-state index < -0.39 is 22.8 Å². The monoisotopic (exact) mass is 333 g/mol. The lowest BCUT2D eigenvalue weighted by atomic mass is 10.2. The zero-order chi connectivity index (χ0) is 10.9. The fourth-order valence-corrected chi connectivity index (χ4v) is 1.65. The maximum absolute atomic E-state index is 12.2. The molecule has 0 aliphatic heterocycles. The van der Waals surface area contributed by atoms with Crippen LogP contribution in [0.5, 0.6) is 0 Å². The third-order valence-electron chi connectivity index (χ3n) is 1.48. The first-order chi connectivity index (χ1) is 6.45. The largest absolute Gasteiger partial charge is 0.359 e. The van der Waals surface area contributed by atoms with E-state index in [2.05, 4.69) is 4.98 Å². The molecule has 0 saturated heterocycles. The summed E-state index contributed by atoms with van der Waals surface area (Å²) >= 11 is 6.51. The van der Waals surface area contributed by atoms with Gasteiger partial charge in [0.05, 0.1) is 14.8 Å². The number of carbonyl (C=O) groups is 1. The van der Waals surface area contributed by atoms with E-state index in [1.807, 2.05) is 0 Å². The molecule has 76 valence electrons. The van der Waals surface area contributed by atoms with Gasteiger partial charge in [-0.15, -0.1) is 0 Å². The zero-order valence-corrected chi connectivity index (χ0v) is 9.40. The fourth-order valence-electron chi connectivity index (χ4n) is 0.824. The van der Waals surface area contributed by atoms with Gasteiger partial charge in [-0.25, -0.2) is 8.78 Å². The summed E-state index contributed by atoms with van der Waals surface area (Å²) in [6, 6.07) is 0. The third-order valence-corrected chi connectivity index (χ3v) is 2.76. The van der Waals surface area contributed by atoms with E-state index in [1.54, 1.807) is 0 Å². The second-order valence-corrected chi connectivity index (χ2v) is 3.76. The number of hydrogen-bond acceptors (Lipinski definition) is 2. The van der Waals surface area contributed by atoms with E-state index in [9.17, 15) is 18.4 Å². The number of rotatable bonds is 2. The topological polar surface area (TPSA) is 49.9 Å². The van der Waals surface area contributed by atoms with Crippen LogP contribution in [-0.4, -0.2) is 10.2 Å². The van der Waals surface area contributed by atoms with E-state index in [0.29, 0.717) is 0 Å². The van der Waals surface area contributed by atoms with Crippen molar-refractivity contribution >= 4 is 39.4 Å². The van der Waals surface area contributed by atoms with Crippen molar-refractivity contribution in [3.8, 4) is 0 Å². The highest BCUT2D eigenvalue weighted by Crippen LogP contribution is 2.19. The Hall–Kier alpha value is -0.500. The van der Waals surface area contributed by atoms with Crippen molar-refractivity contribution in [2.75, 3.05) is 0 Å². The number of H-pyrrole nitrogens is 1. The van der Waals surface area contributed by atoms with Crippen LogP contribution in [0.25, 0.3) is 0 Å². The smallest absolute Gasteiger partial charge is 0.279 e. The van der Waals surface area contributed by atoms with Crippen molar-refractivity contribution in [2.24, 2.45) is 0 Å². The molecule has 1 rings (SSSR count). The summed E-state index contributed by atoms with van der Waals surface area (Å²) in [4.78, 5) is 24.1. The SMILES string of the molecule is O=C(Cl)c1c[nH]c(C(F)F)c(I)c1=O. The third kappa shape index (κ3) is 2.11. The van der Waals surface area contributed by atoms with Gasteiger partial charge in [-0.2, -0.15) is 0 Å². The maximum atomic E-state index is 12.2. The Bertz CT molecular complexity index is 432. The second kappa shape index (κ2) is 4.35. The number of nitrogens with one attached hydrogen (secondary N) is 1. The molecule has 0 atom stereocenters. The van der Waals surface area contributed by atoms with Gasteiger partial charge < -0.3 is 4.98 Å². The summed E-state index contributed by atoms with van der Waals surface area (Å²) in [5.74, 6) is 0. The number of alkyl halides is 2. The molecule has 1 N–H and O–H groups in total. The minimum Gasteiger partial charge on any atom is -0.359 e. The number of carbonyl (C=O) groups excluding carboxylic acids is 1. The number of aromatic nitrogens is 1. The van der Waals surface area contributed by atoms with Crippen molar-refractivity contribution in [1.29, 1.82) is 0 Å². The standard InChI is InChI=1S/C7H3ClF2INO2/c8-6(14)2-1-12-4(7(9)10)3(11)5(2)13/h1,7H,(H,12,13). The maximum Gasteiger partial charge on any atom is 0.279 e. The first kappa shape index (κ1) is 11.6. The van der Waals surface area contributed by atoms with Crippen molar-refractivity contribution in [3.63, 3.8) is 0 Å². The molecular weight excluding hydrogens is 330 g/mol. The van der Waals surface area contributed by atoms with Gasteiger partial charge in [0, 0.05) is 6.20 Å². The summed E-state index contributed by atoms with van der Waals surface area (Å²) in [5.41, 5.74) is -1.61. The highest BCUT2D eigenvalue weighted by atomic mass is 127. The van der Waals surface area contributed by atoms with Crippen molar-refractivity contribution in [2.45, 2.75) is 6.43 Å². The number of hydrogen-bond donors (Lipinski definition) is 1. The summed E-state index contributed by atoms with van der Waals surface area (Å²) in [5, 5.41) is -0.968. The van der Waals surface area contributed by atoms with Gasteiger partial charge in [0.2, 0.25) is 5.43 Å². The van der Waals surface area contributed by atoms with E-state index in [-0.39, 0.29) is 9.13 Å². The van der Waals surface area contributed by atoms with Crippen LogP contribution in [0.3, 0.4) is 0 Å². The average Bonchev–Trinajstić information content (AvgIpc) is 2.08. The Balaban J connectivity index is 3.42. The first-order valence-corrected chi connectivity index (χ1v) is 4.80. The van der Waals surface area contributed by atoms with Gasteiger partial charge in [-0.3, -0.25) is 9.59 Å². The van der Waals surface area contributed by atoms with Gasteiger partial charge in [0.15, 0.2) is 0 Å². The molecule has 0 fully saturated rings.